The molecule has 3 rings (SSSR count). The van der Waals surface area contributed by atoms with Crippen molar-refractivity contribution in [1.82, 2.24) is 0 Å². The third kappa shape index (κ3) is 2.88. The van der Waals surface area contributed by atoms with Gasteiger partial charge in [-0.25, -0.2) is 8.42 Å². The Hall–Kier alpha value is -2.01. The SMILES string of the molecule is CS(=O)(=O)c1ccc(NC2Cc3ccccc3C2)c(N)c1. The molecule has 0 radical (unpaired) electrons. The molecule has 5 heteroatoms. The Morgan fingerprint density at radius 1 is 1.10 bits per heavy atom. The molecule has 110 valence electrons. The Morgan fingerprint density at radius 3 is 2.24 bits per heavy atom. The normalized spacial score (nSPS) is 14.9. The number of hydrogen-bond acceptors (Lipinski definition) is 4. The van der Waals surface area contributed by atoms with Gasteiger partial charge in [0.1, 0.15) is 0 Å². The largest absolute Gasteiger partial charge is 0.397 e. The fourth-order valence-electron chi connectivity index (χ4n) is 2.78. The average Bonchev–Trinajstić information content (AvgIpc) is 2.82. The molecule has 0 saturated carbocycles. The van der Waals surface area contributed by atoms with Crippen LogP contribution in [0.15, 0.2) is 47.4 Å². The lowest BCUT2D eigenvalue weighted by Crippen LogP contribution is -2.20. The molecule has 0 fully saturated rings. The molecule has 0 saturated heterocycles. The van der Waals surface area contributed by atoms with E-state index in [4.69, 9.17) is 5.73 Å². The van der Waals surface area contributed by atoms with Crippen LogP contribution in [-0.2, 0) is 22.7 Å². The molecule has 0 unspecified atom stereocenters. The molecule has 3 N–H and O–H groups in total. The quantitative estimate of drug-likeness (QED) is 0.853. The maximum atomic E-state index is 11.5. The van der Waals surface area contributed by atoms with E-state index in [2.05, 4.69) is 29.6 Å². The van der Waals surface area contributed by atoms with Crippen molar-refractivity contribution in [3.8, 4) is 0 Å². The van der Waals surface area contributed by atoms with Gasteiger partial charge in [-0.2, -0.15) is 0 Å². The van der Waals surface area contributed by atoms with Gasteiger partial charge >= 0.3 is 0 Å². The van der Waals surface area contributed by atoms with Crippen molar-refractivity contribution < 1.29 is 8.42 Å². The maximum absolute atomic E-state index is 11.5. The molecular formula is C16H18N2O2S. The molecule has 0 spiro atoms. The third-order valence-electron chi connectivity index (χ3n) is 3.86. The number of fused-ring (bicyclic) bond motifs is 1. The minimum absolute atomic E-state index is 0.250. The Labute approximate surface area is 124 Å². The molecule has 0 aromatic heterocycles. The number of nitrogen functional groups attached to an aromatic ring is 1. The standard InChI is InChI=1S/C16H18N2O2S/c1-21(19,20)14-6-7-16(15(17)10-14)18-13-8-11-4-2-3-5-12(11)9-13/h2-7,10,13,18H,8-9,17H2,1H3. The fraction of sp³-hybridized carbons (Fsp3) is 0.250. The number of nitrogens with two attached hydrogens (primary N) is 1. The van der Waals surface area contributed by atoms with Gasteiger partial charge in [0.05, 0.1) is 16.3 Å². The first-order chi connectivity index (χ1) is 9.93. The molecule has 0 atom stereocenters. The van der Waals surface area contributed by atoms with E-state index >= 15 is 0 Å². The van der Waals surface area contributed by atoms with E-state index in [0.717, 1.165) is 18.5 Å². The van der Waals surface area contributed by atoms with Crippen molar-refractivity contribution in [2.24, 2.45) is 0 Å². The molecule has 0 aliphatic heterocycles. The Balaban J connectivity index is 1.78. The van der Waals surface area contributed by atoms with Crippen LogP contribution in [0.1, 0.15) is 11.1 Å². The number of rotatable bonds is 3. The molecule has 1 aliphatic carbocycles. The van der Waals surface area contributed by atoms with Crippen LogP contribution in [0.25, 0.3) is 0 Å². The zero-order chi connectivity index (χ0) is 15.0. The van der Waals surface area contributed by atoms with E-state index in [1.807, 2.05) is 0 Å². The van der Waals surface area contributed by atoms with Crippen molar-refractivity contribution in [2.75, 3.05) is 17.3 Å². The first kappa shape index (κ1) is 13.9. The highest BCUT2D eigenvalue weighted by Crippen LogP contribution is 2.28. The van der Waals surface area contributed by atoms with Gasteiger partial charge in [0.15, 0.2) is 9.84 Å². The fourth-order valence-corrected chi connectivity index (χ4v) is 3.44. The number of anilines is 2. The number of benzene rings is 2. The summed E-state index contributed by atoms with van der Waals surface area (Å²) in [6, 6.07) is 13.5. The van der Waals surface area contributed by atoms with Crippen molar-refractivity contribution in [1.29, 1.82) is 0 Å². The average molecular weight is 302 g/mol. The lowest BCUT2D eigenvalue weighted by molar-refractivity contribution is 0.602. The highest BCUT2D eigenvalue weighted by molar-refractivity contribution is 7.90. The Bertz CT molecular complexity index is 760. The van der Waals surface area contributed by atoms with Crippen LogP contribution in [0, 0.1) is 0 Å². The monoisotopic (exact) mass is 302 g/mol. The van der Waals surface area contributed by atoms with Gasteiger partial charge < -0.3 is 11.1 Å². The minimum atomic E-state index is -3.22. The lowest BCUT2D eigenvalue weighted by Gasteiger charge is -2.16. The van der Waals surface area contributed by atoms with E-state index in [9.17, 15) is 8.42 Å². The van der Waals surface area contributed by atoms with E-state index in [0.29, 0.717) is 11.7 Å². The van der Waals surface area contributed by atoms with Crippen molar-refractivity contribution in [2.45, 2.75) is 23.8 Å². The van der Waals surface area contributed by atoms with Crippen molar-refractivity contribution >= 4 is 21.2 Å². The summed E-state index contributed by atoms with van der Waals surface area (Å²) in [5.41, 5.74) is 9.96. The van der Waals surface area contributed by atoms with Crippen LogP contribution in [-0.4, -0.2) is 20.7 Å². The number of nitrogens with one attached hydrogen (secondary N) is 1. The van der Waals surface area contributed by atoms with E-state index in [1.165, 1.54) is 23.4 Å². The summed E-state index contributed by atoms with van der Waals surface area (Å²) in [5, 5.41) is 3.41. The van der Waals surface area contributed by atoms with Gasteiger partial charge in [-0.1, -0.05) is 24.3 Å². The van der Waals surface area contributed by atoms with Crippen LogP contribution in [0.3, 0.4) is 0 Å². The summed E-state index contributed by atoms with van der Waals surface area (Å²) in [4.78, 5) is 0.250. The maximum Gasteiger partial charge on any atom is 0.175 e. The van der Waals surface area contributed by atoms with Crippen LogP contribution >= 0.6 is 0 Å². The molecule has 0 heterocycles. The third-order valence-corrected chi connectivity index (χ3v) is 4.97. The zero-order valence-corrected chi connectivity index (χ0v) is 12.7. The van der Waals surface area contributed by atoms with Crippen LogP contribution < -0.4 is 11.1 Å². The van der Waals surface area contributed by atoms with Gasteiger partial charge in [-0.05, 0) is 42.2 Å². The smallest absolute Gasteiger partial charge is 0.175 e. The lowest BCUT2D eigenvalue weighted by atomic mass is 10.1. The first-order valence-corrected chi connectivity index (χ1v) is 8.75. The van der Waals surface area contributed by atoms with E-state index in [1.54, 1.807) is 12.1 Å². The van der Waals surface area contributed by atoms with Crippen LogP contribution in [0.5, 0.6) is 0 Å². The second-order valence-corrected chi connectivity index (χ2v) is 7.56. The summed E-state index contributed by atoms with van der Waals surface area (Å²) in [7, 11) is -3.22. The predicted octanol–water partition coefficient (Wildman–Crippen LogP) is 2.25. The number of sulfone groups is 1. The molecule has 21 heavy (non-hydrogen) atoms. The topological polar surface area (TPSA) is 72.2 Å². The second-order valence-electron chi connectivity index (χ2n) is 5.54. The summed E-state index contributed by atoms with van der Waals surface area (Å²) >= 11 is 0. The van der Waals surface area contributed by atoms with Gasteiger partial charge in [-0.3, -0.25) is 0 Å². The van der Waals surface area contributed by atoms with Crippen LogP contribution in [0.2, 0.25) is 0 Å². The highest BCUT2D eigenvalue weighted by atomic mass is 32.2. The first-order valence-electron chi connectivity index (χ1n) is 6.86. The Morgan fingerprint density at radius 2 is 1.71 bits per heavy atom. The number of hydrogen-bond donors (Lipinski definition) is 2. The van der Waals surface area contributed by atoms with E-state index in [-0.39, 0.29) is 4.90 Å². The summed E-state index contributed by atoms with van der Waals surface area (Å²) in [6.45, 7) is 0. The minimum Gasteiger partial charge on any atom is -0.397 e. The zero-order valence-electron chi connectivity index (χ0n) is 11.8. The van der Waals surface area contributed by atoms with Crippen molar-refractivity contribution in [3.63, 3.8) is 0 Å². The second kappa shape index (κ2) is 5.07. The molecule has 0 amide bonds. The van der Waals surface area contributed by atoms with Crippen LogP contribution in [0.4, 0.5) is 11.4 Å². The summed E-state index contributed by atoms with van der Waals surface area (Å²) in [5.74, 6) is 0. The molecule has 4 nitrogen and oxygen atoms in total. The van der Waals surface area contributed by atoms with Gasteiger partial charge in [-0.15, -0.1) is 0 Å². The molecule has 1 aliphatic rings. The molecule has 2 aromatic rings. The van der Waals surface area contributed by atoms with Crippen molar-refractivity contribution in [3.05, 3.63) is 53.6 Å². The van der Waals surface area contributed by atoms with E-state index < -0.39 is 9.84 Å². The Kier molecular flexibility index (Phi) is 3.37. The predicted molar refractivity (Wildman–Crippen MR) is 85.2 cm³/mol. The van der Waals surface area contributed by atoms with Gasteiger partial charge in [0.25, 0.3) is 0 Å². The summed E-state index contributed by atoms with van der Waals surface area (Å²) in [6.07, 6.45) is 3.11. The highest BCUT2D eigenvalue weighted by Gasteiger charge is 2.21. The summed E-state index contributed by atoms with van der Waals surface area (Å²) < 4.78 is 23.0. The molecular weight excluding hydrogens is 284 g/mol. The van der Waals surface area contributed by atoms with Gasteiger partial charge in [0.2, 0.25) is 0 Å². The molecule has 0 bridgehead atoms. The molecule has 2 aromatic carbocycles. The van der Waals surface area contributed by atoms with Gasteiger partial charge in [0, 0.05) is 12.3 Å².